The lowest BCUT2D eigenvalue weighted by Crippen LogP contribution is -2.16. The predicted octanol–water partition coefficient (Wildman–Crippen LogP) is 3.88. The van der Waals surface area contributed by atoms with E-state index in [0.29, 0.717) is 6.42 Å². The maximum atomic E-state index is 12.4. The fourth-order valence-corrected chi connectivity index (χ4v) is 3.14. The fraction of sp³-hybridized carbons (Fsp3) is 0.167. The highest BCUT2D eigenvalue weighted by atomic mass is 16.1. The smallest absolute Gasteiger partial charge is 0.163 e. The first-order chi connectivity index (χ1) is 10.3. The predicted molar refractivity (Wildman–Crippen MR) is 84.1 cm³/mol. The highest BCUT2D eigenvalue weighted by molar-refractivity contribution is 6.02. The van der Waals surface area contributed by atoms with Crippen molar-refractivity contribution in [1.29, 1.82) is 0 Å². The molecule has 2 aromatic carbocycles. The number of rotatable bonds is 1. The van der Waals surface area contributed by atoms with Gasteiger partial charge in [0, 0.05) is 17.7 Å². The van der Waals surface area contributed by atoms with Crippen LogP contribution in [0.15, 0.2) is 65.9 Å². The van der Waals surface area contributed by atoms with Gasteiger partial charge in [-0.15, -0.1) is 0 Å². The van der Waals surface area contributed by atoms with Crippen molar-refractivity contribution in [3.8, 4) is 0 Å². The van der Waals surface area contributed by atoms with E-state index in [9.17, 15) is 4.79 Å². The summed E-state index contributed by atoms with van der Waals surface area (Å²) in [4.78, 5) is 12.4. The van der Waals surface area contributed by atoms with Crippen LogP contribution in [0, 0.1) is 0 Å². The molecule has 3 heteroatoms. The average molecular weight is 276 g/mol. The van der Waals surface area contributed by atoms with Gasteiger partial charge in [-0.05, 0) is 24.1 Å². The van der Waals surface area contributed by atoms with Gasteiger partial charge in [-0.2, -0.15) is 0 Å². The van der Waals surface area contributed by atoms with Crippen LogP contribution in [0.5, 0.6) is 0 Å². The molecule has 0 aromatic heterocycles. The molecule has 0 fully saturated rings. The summed E-state index contributed by atoms with van der Waals surface area (Å²) in [5.41, 5.74) is 5.15. The van der Waals surface area contributed by atoms with Gasteiger partial charge in [0.05, 0.1) is 17.4 Å². The number of fused-ring (bicyclic) bond motifs is 1. The molecule has 1 aliphatic carbocycles. The van der Waals surface area contributed by atoms with Gasteiger partial charge in [0.15, 0.2) is 5.78 Å². The topological polar surface area (TPSA) is 41.1 Å². The largest absolute Gasteiger partial charge is 0.372 e. The van der Waals surface area contributed by atoms with Crippen molar-refractivity contribution in [2.24, 2.45) is 0 Å². The van der Waals surface area contributed by atoms with Crippen LogP contribution in [0.25, 0.3) is 0 Å². The number of carbonyl (C=O) groups excluding carboxylic acids is 1. The van der Waals surface area contributed by atoms with Crippen LogP contribution in [0.4, 0.5) is 11.4 Å². The number of benzene rings is 2. The Balaban J connectivity index is 1.87. The monoisotopic (exact) mass is 276 g/mol. The molecule has 0 saturated heterocycles. The van der Waals surface area contributed by atoms with Gasteiger partial charge in [-0.25, -0.2) is 0 Å². The maximum absolute atomic E-state index is 12.4. The molecular formula is C18H16N2O. The Kier molecular flexibility index (Phi) is 2.78. The second-order valence-corrected chi connectivity index (χ2v) is 5.47. The van der Waals surface area contributed by atoms with Crippen molar-refractivity contribution >= 4 is 17.2 Å². The van der Waals surface area contributed by atoms with Crippen LogP contribution >= 0.6 is 0 Å². The Labute approximate surface area is 123 Å². The highest BCUT2D eigenvalue weighted by Crippen LogP contribution is 2.40. The highest BCUT2D eigenvalue weighted by Gasteiger charge is 2.33. The number of para-hydroxylation sites is 2. The Morgan fingerprint density at radius 3 is 2.38 bits per heavy atom. The van der Waals surface area contributed by atoms with E-state index in [2.05, 4.69) is 22.8 Å². The third-order valence-corrected chi connectivity index (χ3v) is 4.16. The van der Waals surface area contributed by atoms with Gasteiger partial charge in [-0.3, -0.25) is 4.79 Å². The van der Waals surface area contributed by atoms with Crippen LogP contribution in [-0.2, 0) is 4.79 Å². The minimum atomic E-state index is -0.0765. The van der Waals surface area contributed by atoms with Crippen LogP contribution in [0.3, 0.4) is 0 Å². The number of hydrogen-bond donors (Lipinski definition) is 2. The molecule has 0 saturated carbocycles. The van der Waals surface area contributed by atoms with Gasteiger partial charge in [-0.1, -0.05) is 42.5 Å². The first-order valence-corrected chi connectivity index (χ1v) is 7.27. The Hall–Kier alpha value is -2.55. The lowest BCUT2D eigenvalue weighted by molar-refractivity contribution is -0.115. The zero-order valence-electron chi connectivity index (χ0n) is 11.6. The van der Waals surface area contributed by atoms with Crippen molar-refractivity contribution in [2.75, 3.05) is 10.6 Å². The lowest BCUT2D eigenvalue weighted by Gasteiger charge is -2.20. The van der Waals surface area contributed by atoms with Crippen LogP contribution in [0.1, 0.15) is 24.4 Å². The number of carbonyl (C=O) groups is 1. The van der Waals surface area contributed by atoms with Crippen molar-refractivity contribution in [3.05, 3.63) is 71.4 Å². The minimum absolute atomic E-state index is 0.0765. The summed E-state index contributed by atoms with van der Waals surface area (Å²) in [6, 6.07) is 18.2. The average Bonchev–Trinajstić information content (AvgIpc) is 2.80. The fourth-order valence-electron chi connectivity index (χ4n) is 3.14. The molecule has 1 aliphatic heterocycles. The number of anilines is 2. The van der Waals surface area contributed by atoms with E-state index < -0.39 is 0 Å². The summed E-state index contributed by atoms with van der Waals surface area (Å²) in [7, 11) is 0. The molecular weight excluding hydrogens is 260 g/mol. The van der Waals surface area contributed by atoms with E-state index >= 15 is 0 Å². The minimum Gasteiger partial charge on any atom is -0.372 e. The molecule has 0 amide bonds. The third kappa shape index (κ3) is 2.02. The summed E-state index contributed by atoms with van der Waals surface area (Å²) in [5.74, 6) is 0.242. The van der Waals surface area contributed by atoms with E-state index in [1.807, 2.05) is 42.5 Å². The second-order valence-electron chi connectivity index (χ2n) is 5.47. The maximum Gasteiger partial charge on any atom is 0.163 e. The van der Waals surface area contributed by atoms with Crippen LogP contribution in [0.2, 0.25) is 0 Å². The van der Waals surface area contributed by atoms with Gasteiger partial charge in [0.25, 0.3) is 0 Å². The normalized spacial score (nSPS) is 20.2. The molecule has 2 N–H and O–H groups in total. The van der Waals surface area contributed by atoms with Gasteiger partial charge in [0.2, 0.25) is 0 Å². The number of allylic oxidation sites excluding steroid dienone is 1. The molecule has 0 bridgehead atoms. The number of ketones is 1. The molecule has 1 atom stereocenters. The molecule has 2 aromatic rings. The molecule has 2 aliphatic rings. The van der Waals surface area contributed by atoms with Crippen molar-refractivity contribution in [2.45, 2.75) is 18.9 Å². The molecule has 4 rings (SSSR count). The van der Waals surface area contributed by atoms with Gasteiger partial charge >= 0.3 is 0 Å². The Morgan fingerprint density at radius 1 is 0.857 bits per heavy atom. The Bertz CT molecular complexity index is 734. The zero-order valence-corrected chi connectivity index (χ0v) is 11.6. The van der Waals surface area contributed by atoms with Crippen LogP contribution < -0.4 is 10.6 Å². The summed E-state index contributed by atoms with van der Waals surface area (Å²) in [6.45, 7) is 0. The molecule has 0 unspecified atom stereocenters. The van der Waals surface area contributed by atoms with Gasteiger partial charge in [0.1, 0.15) is 0 Å². The molecule has 0 spiro atoms. The summed E-state index contributed by atoms with van der Waals surface area (Å²) < 4.78 is 0. The molecule has 1 heterocycles. The van der Waals surface area contributed by atoms with E-state index in [1.165, 1.54) is 0 Å². The van der Waals surface area contributed by atoms with E-state index in [4.69, 9.17) is 0 Å². The van der Waals surface area contributed by atoms with Crippen LogP contribution in [-0.4, -0.2) is 5.78 Å². The van der Waals surface area contributed by atoms with E-state index in [1.54, 1.807) is 0 Å². The quantitative estimate of drug-likeness (QED) is 0.830. The molecule has 3 nitrogen and oxygen atoms in total. The Morgan fingerprint density at radius 2 is 1.57 bits per heavy atom. The molecule has 21 heavy (non-hydrogen) atoms. The number of nitrogens with one attached hydrogen (secondary N) is 2. The summed E-state index contributed by atoms with van der Waals surface area (Å²) >= 11 is 0. The van der Waals surface area contributed by atoms with Crippen molar-refractivity contribution in [1.82, 2.24) is 0 Å². The second kappa shape index (κ2) is 4.77. The zero-order chi connectivity index (χ0) is 14.2. The summed E-state index contributed by atoms with van der Waals surface area (Å²) in [5, 5.41) is 6.98. The molecule has 104 valence electrons. The molecule has 0 radical (unpaired) electrons. The third-order valence-electron chi connectivity index (χ3n) is 4.16. The standard InChI is InChI=1S/C18H16N2O/c21-16-11-10-15-17(16)18(12-6-2-1-3-7-12)20-14-9-5-4-8-13(14)19-15/h1-9,18-20H,10-11H2/t18-/m0/s1. The number of Topliss-reactive ketones (excluding diaryl/α,β-unsaturated/α-hetero) is 1. The van der Waals surface area contributed by atoms with E-state index in [-0.39, 0.29) is 11.8 Å². The summed E-state index contributed by atoms with van der Waals surface area (Å²) in [6.07, 6.45) is 1.40. The SMILES string of the molecule is O=C1CCC2=C1[C@H](c1ccccc1)Nc1ccccc1N2. The first-order valence-electron chi connectivity index (χ1n) is 7.27. The van der Waals surface area contributed by atoms with Crippen molar-refractivity contribution < 1.29 is 4.79 Å². The van der Waals surface area contributed by atoms with Crippen molar-refractivity contribution in [3.63, 3.8) is 0 Å². The lowest BCUT2D eigenvalue weighted by atomic mass is 9.96. The first kappa shape index (κ1) is 12.2. The van der Waals surface area contributed by atoms with Gasteiger partial charge < -0.3 is 10.6 Å². The number of hydrogen-bond acceptors (Lipinski definition) is 3. The van der Waals surface area contributed by atoms with E-state index in [0.717, 1.165) is 34.6 Å².